The molecule has 0 radical (unpaired) electrons. The Bertz CT molecular complexity index is 919. The van der Waals surface area contributed by atoms with E-state index in [2.05, 4.69) is 4.74 Å². The van der Waals surface area contributed by atoms with Gasteiger partial charge in [0.2, 0.25) is 5.75 Å². The van der Waals surface area contributed by atoms with Crippen LogP contribution < -0.4 is 14.2 Å². The predicted molar refractivity (Wildman–Crippen MR) is 112 cm³/mol. The van der Waals surface area contributed by atoms with E-state index in [4.69, 9.17) is 14.2 Å². The van der Waals surface area contributed by atoms with Crippen LogP contribution >= 0.6 is 0 Å². The Labute approximate surface area is 193 Å². The quantitative estimate of drug-likeness (QED) is 0.105. The molecule has 0 N–H and O–H groups in total. The molecule has 0 amide bonds. The molecule has 5 nitrogen and oxygen atoms in total. The third-order valence-corrected chi connectivity index (χ3v) is 5.08. The van der Waals surface area contributed by atoms with Crippen molar-refractivity contribution in [2.45, 2.75) is 57.4 Å². The number of carbonyl (C=O) groups is 1. The zero-order chi connectivity index (χ0) is 24.6. The van der Waals surface area contributed by atoms with Gasteiger partial charge in [-0.15, -0.1) is 13.2 Å². The van der Waals surface area contributed by atoms with Crippen LogP contribution in [-0.4, -0.2) is 31.6 Å². The molecule has 1 unspecified atom stereocenters. The maximum Gasteiger partial charge on any atom is 0.573 e. The highest BCUT2D eigenvalue weighted by atomic mass is 19.4. The van der Waals surface area contributed by atoms with E-state index in [1.807, 2.05) is 0 Å². The molecular weight excluding hydrogens is 463 g/mol. The number of rotatable bonds is 13. The third-order valence-electron chi connectivity index (χ3n) is 5.08. The van der Waals surface area contributed by atoms with E-state index in [0.29, 0.717) is 30.6 Å². The molecule has 2 aromatic carbocycles. The van der Waals surface area contributed by atoms with Gasteiger partial charge in [0, 0.05) is 12.1 Å². The summed E-state index contributed by atoms with van der Waals surface area (Å²) >= 11 is 0. The van der Waals surface area contributed by atoms with Crippen LogP contribution in [0.25, 0.3) is 0 Å². The minimum absolute atomic E-state index is 0.0698. The van der Waals surface area contributed by atoms with Crippen LogP contribution in [0, 0.1) is 11.6 Å². The van der Waals surface area contributed by atoms with Crippen molar-refractivity contribution in [2.24, 2.45) is 0 Å². The molecule has 3 rings (SSSR count). The number of epoxide rings is 1. The second kappa shape index (κ2) is 12.0. The molecule has 1 aliphatic rings. The fourth-order valence-corrected chi connectivity index (χ4v) is 3.27. The first-order valence-corrected chi connectivity index (χ1v) is 11.0. The SMILES string of the molecule is O=C(Oc1cc(F)c(OC(F)(F)F)c(F)c1)c1ccc(OCCCCCCCCC2CO2)cc1. The monoisotopic (exact) mass is 488 g/mol. The van der Waals surface area contributed by atoms with Crippen LogP contribution in [0.5, 0.6) is 17.2 Å². The normalized spacial score (nSPS) is 15.1. The summed E-state index contributed by atoms with van der Waals surface area (Å²) in [4.78, 5) is 12.2. The lowest BCUT2D eigenvalue weighted by atomic mass is 10.1. The summed E-state index contributed by atoms with van der Waals surface area (Å²) in [5, 5.41) is 0. The van der Waals surface area contributed by atoms with Crippen LogP contribution in [0.15, 0.2) is 36.4 Å². The molecule has 186 valence electrons. The van der Waals surface area contributed by atoms with Crippen LogP contribution in [0.3, 0.4) is 0 Å². The second-order valence-corrected chi connectivity index (χ2v) is 7.89. The van der Waals surface area contributed by atoms with Crippen molar-refractivity contribution in [1.29, 1.82) is 0 Å². The van der Waals surface area contributed by atoms with Gasteiger partial charge in [0.1, 0.15) is 11.5 Å². The standard InChI is InChI=1S/C24H25F5O5/c25-20-13-19(14-21(26)22(20)34-24(27,28)29)33-23(30)16-8-10-17(11-9-16)31-12-6-4-2-1-3-5-7-18-15-32-18/h8-11,13-14,18H,1-7,12,15H2. The lowest BCUT2D eigenvalue weighted by molar-refractivity contribution is -0.276. The zero-order valence-electron chi connectivity index (χ0n) is 18.3. The topological polar surface area (TPSA) is 57.3 Å². The number of hydrogen-bond donors (Lipinski definition) is 0. The fourth-order valence-electron chi connectivity index (χ4n) is 3.27. The Kier molecular flexibility index (Phi) is 9.09. The predicted octanol–water partition coefficient (Wildman–Crippen LogP) is 6.59. The van der Waals surface area contributed by atoms with Gasteiger partial charge in [-0.3, -0.25) is 0 Å². The molecule has 10 heteroatoms. The summed E-state index contributed by atoms with van der Waals surface area (Å²) in [5.41, 5.74) is 0.0698. The van der Waals surface area contributed by atoms with E-state index < -0.39 is 35.5 Å². The number of carbonyl (C=O) groups excluding carboxylic acids is 1. The Morgan fingerprint density at radius 1 is 0.912 bits per heavy atom. The van der Waals surface area contributed by atoms with E-state index >= 15 is 0 Å². The average Bonchev–Trinajstić information content (AvgIpc) is 3.59. The molecule has 2 aromatic rings. The zero-order valence-corrected chi connectivity index (χ0v) is 18.3. The Hall–Kier alpha value is -2.88. The molecule has 1 atom stereocenters. The van der Waals surface area contributed by atoms with E-state index in [1.54, 1.807) is 12.1 Å². The van der Waals surface area contributed by atoms with Crippen molar-refractivity contribution < 1.29 is 45.7 Å². The number of hydrogen-bond acceptors (Lipinski definition) is 5. The number of esters is 1. The van der Waals surface area contributed by atoms with Crippen LogP contribution in [0.2, 0.25) is 0 Å². The lowest BCUT2D eigenvalue weighted by Crippen LogP contribution is -2.19. The van der Waals surface area contributed by atoms with Gasteiger partial charge in [-0.05, 0) is 37.1 Å². The first kappa shape index (κ1) is 25.7. The number of unbranched alkanes of at least 4 members (excludes halogenated alkanes) is 5. The minimum Gasteiger partial charge on any atom is -0.494 e. The molecule has 0 aromatic heterocycles. The molecule has 0 saturated carbocycles. The average molecular weight is 488 g/mol. The molecular formula is C24H25F5O5. The van der Waals surface area contributed by atoms with Crippen molar-refractivity contribution in [3.05, 3.63) is 53.6 Å². The highest BCUT2D eigenvalue weighted by Gasteiger charge is 2.34. The van der Waals surface area contributed by atoms with Crippen molar-refractivity contribution in [2.75, 3.05) is 13.2 Å². The molecule has 1 aliphatic heterocycles. The van der Waals surface area contributed by atoms with E-state index in [-0.39, 0.29) is 5.56 Å². The first-order chi connectivity index (χ1) is 16.2. The number of alkyl halides is 3. The molecule has 34 heavy (non-hydrogen) atoms. The Balaban J connectivity index is 1.38. The van der Waals surface area contributed by atoms with Crippen LogP contribution in [0.4, 0.5) is 22.0 Å². The summed E-state index contributed by atoms with van der Waals surface area (Å²) < 4.78 is 83.1. The van der Waals surface area contributed by atoms with Crippen LogP contribution in [-0.2, 0) is 4.74 Å². The van der Waals surface area contributed by atoms with E-state index in [1.165, 1.54) is 31.4 Å². The summed E-state index contributed by atoms with van der Waals surface area (Å²) in [6.45, 7) is 1.45. The molecule has 1 saturated heterocycles. The molecule has 0 aliphatic carbocycles. The highest BCUT2D eigenvalue weighted by molar-refractivity contribution is 5.91. The largest absolute Gasteiger partial charge is 0.573 e. The van der Waals surface area contributed by atoms with Crippen LogP contribution in [0.1, 0.15) is 55.3 Å². The molecule has 1 heterocycles. The van der Waals surface area contributed by atoms with Gasteiger partial charge in [0.05, 0.1) is 24.9 Å². The smallest absolute Gasteiger partial charge is 0.494 e. The van der Waals surface area contributed by atoms with Gasteiger partial charge >= 0.3 is 12.3 Å². The number of halogens is 5. The number of benzene rings is 2. The molecule has 0 bridgehead atoms. The minimum atomic E-state index is -5.27. The van der Waals surface area contributed by atoms with Gasteiger partial charge < -0.3 is 18.9 Å². The summed E-state index contributed by atoms with van der Waals surface area (Å²) in [5.74, 6) is -5.93. The third kappa shape index (κ3) is 8.81. The maximum absolute atomic E-state index is 13.8. The first-order valence-electron chi connectivity index (χ1n) is 11.0. The Morgan fingerprint density at radius 3 is 2.09 bits per heavy atom. The van der Waals surface area contributed by atoms with E-state index in [0.717, 1.165) is 32.3 Å². The van der Waals surface area contributed by atoms with Crippen molar-refractivity contribution in [3.8, 4) is 17.2 Å². The maximum atomic E-state index is 13.8. The highest BCUT2D eigenvalue weighted by Crippen LogP contribution is 2.32. The number of ether oxygens (including phenoxy) is 4. The van der Waals surface area contributed by atoms with Gasteiger partial charge in [0.15, 0.2) is 11.6 Å². The summed E-state index contributed by atoms with van der Waals surface area (Å²) in [7, 11) is 0. The van der Waals surface area contributed by atoms with Gasteiger partial charge in [-0.1, -0.05) is 32.1 Å². The van der Waals surface area contributed by atoms with Gasteiger partial charge in [-0.2, -0.15) is 0 Å². The van der Waals surface area contributed by atoms with Crippen molar-refractivity contribution in [3.63, 3.8) is 0 Å². The van der Waals surface area contributed by atoms with Crippen molar-refractivity contribution >= 4 is 5.97 Å². The summed E-state index contributed by atoms with van der Waals surface area (Å²) in [6.07, 6.45) is 3.10. The van der Waals surface area contributed by atoms with Gasteiger partial charge in [-0.25, -0.2) is 13.6 Å². The van der Waals surface area contributed by atoms with Gasteiger partial charge in [0.25, 0.3) is 0 Å². The fraction of sp³-hybridized carbons (Fsp3) is 0.458. The molecule has 1 fully saturated rings. The lowest BCUT2D eigenvalue weighted by Gasteiger charge is -2.12. The molecule has 0 spiro atoms. The van der Waals surface area contributed by atoms with E-state index in [9.17, 15) is 26.7 Å². The second-order valence-electron chi connectivity index (χ2n) is 7.89. The Morgan fingerprint density at radius 2 is 1.50 bits per heavy atom. The summed E-state index contributed by atoms with van der Waals surface area (Å²) in [6, 6.07) is 6.79. The van der Waals surface area contributed by atoms with Crippen molar-refractivity contribution in [1.82, 2.24) is 0 Å².